The monoisotopic (exact) mass is 527 g/mol. The van der Waals surface area contributed by atoms with Crippen LogP contribution in [-0.2, 0) is 18.0 Å². The quantitative estimate of drug-likeness (QED) is 0.161. The van der Waals surface area contributed by atoms with Crippen molar-refractivity contribution in [2.75, 3.05) is 13.2 Å². The van der Waals surface area contributed by atoms with Gasteiger partial charge in [-0.15, -0.1) is 0 Å². The first-order chi connectivity index (χ1) is 18.4. The number of para-hydroxylation sites is 2. The lowest BCUT2D eigenvalue weighted by Crippen LogP contribution is -2.22. The number of rotatable bonds is 11. The Hall–Kier alpha value is -3.33. The van der Waals surface area contributed by atoms with Crippen LogP contribution in [0.1, 0.15) is 30.7 Å². The predicted molar refractivity (Wildman–Crippen MR) is 156 cm³/mol. The van der Waals surface area contributed by atoms with E-state index in [1.54, 1.807) is 0 Å². The molecule has 8 heteroatoms. The number of benzene rings is 2. The first-order valence-corrected chi connectivity index (χ1v) is 17.2. The molecule has 0 aliphatic heterocycles. The summed E-state index contributed by atoms with van der Waals surface area (Å²) in [5.74, 6) is 0.855. The highest BCUT2D eigenvalue weighted by Crippen LogP contribution is 2.33. The maximum Gasteiger partial charge on any atom is 0.124 e. The average molecular weight is 528 g/mol. The molecule has 0 saturated heterocycles. The molecule has 3 aromatic heterocycles. The summed E-state index contributed by atoms with van der Waals surface area (Å²) in [6.45, 7) is 11.2. The molecule has 0 saturated carbocycles. The molecule has 7 nitrogen and oxygen atoms in total. The molecule has 3 heterocycles. The summed E-state index contributed by atoms with van der Waals surface area (Å²) in [6, 6.07) is 21.8. The van der Waals surface area contributed by atoms with Crippen LogP contribution in [0, 0.1) is 0 Å². The number of aliphatic hydroxyl groups excluding tert-OH is 1. The summed E-state index contributed by atoms with van der Waals surface area (Å²) in [7, 11) is -1.18. The van der Waals surface area contributed by atoms with Crippen molar-refractivity contribution >= 4 is 30.1 Å². The van der Waals surface area contributed by atoms with E-state index in [1.807, 2.05) is 35.1 Å². The van der Waals surface area contributed by atoms with Crippen LogP contribution in [0.2, 0.25) is 25.7 Å². The molecule has 1 N–H and O–H groups in total. The van der Waals surface area contributed by atoms with E-state index < -0.39 is 8.07 Å². The fraction of sp³-hybridized carbons (Fsp3) is 0.367. The fourth-order valence-electron chi connectivity index (χ4n) is 4.92. The number of nitrogens with zero attached hydrogens (tertiary/aromatic N) is 5. The van der Waals surface area contributed by atoms with Gasteiger partial charge in [0.2, 0.25) is 0 Å². The number of hydrogen-bond donors (Lipinski definition) is 1. The van der Waals surface area contributed by atoms with Crippen molar-refractivity contribution in [3.63, 3.8) is 0 Å². The van der Waals surface area contributed by atoms with Crippen LogP contribution in [0.4, 0.5) is 0 Å². The number of aliphatic hydroxyl groups is 1. The molecule has 0 radical (unpaired) electrons. The van der Waals surface area contributed by atoms with E-state index >= 15 is 0 Å². The van der Waals surface area contributed by atoms with Gasteiger partial charge >= 0.3 is 0 Å². The van der Waals surface area contributed by atoms with Gasteiger partial charge in [-0.05, 0) is 49.2 Å². The number of aromatic nitrogens is 5. The molecule has 0 aliphatic carbocycles. The van der Waals surface area contributed by atoms with Crippen LogP contribution in [0.5, 0.6) is 0 Å². The first-order valence-electron chi connectivity index (χ1n) is 13.4. The Bertz CT molecular complexity index is 1520. The normalized spacial score (nSPS) is 13.0. The van der Waals surface area contributed by atoms with Crippen LogP contribution in [0.25, 0.3) is 33.3 Å². The number of fused-ring (bicyclic) bond motifs is 2. The van der Waals surface area contributed by atoms with Gasteiger partial charge in [-0.3, -0.25) is 9.67 Å². The largest absolute Gasteiger partial charge is 0.396 e. The van der Waals surface area contributed by atoms with E-state index in [9.17, 15) is 5.11 Å². The van der Waals surface area contributed by atoms with Gasteiger partial charge in [-0.2, -0.15) is 5.10 Å². The smallest absolute Gasteiger partial charge is 0.124 e. The van der Waals surface area contributed by atoms with Crippen molar-refractivity contribution in [2.45, 2.75) is 58.2 Å². The Balaban J connectivity index is 1.48. The lowest BCUT2D eigenvalue weighted by Gasteiger charge is -2.20. The molecule has 38 heavy (non-hydrogen) atoms. The van der Waals surface area contributed by atoms with Crippen LogP contribution >= 0.6 is 0 Å². The third-order valence-electron chi connectivity index (χ3n) is 7.03. The van der Waals surface area contributed by atoms with E-state index in [4.69, 9.17) is 14.8 Å². The van der Waals surface area contributed by atoms with Gasteiger partial charge in [-0.1, -0.05) is 56.0 Å². The summed E-state index contributed by atoms with van der Waals surface area (Å²) in [4.78, 5) is 9.63. The van der Waals surface area contributed by atoms with Gasteiger partial charge in [-0.25, -0.2) is 4.98 Å². The maximum absolute atomic E-state index is 10.0. The van der Waals surface area contributed by atoms with Crippen LogP contribution in [-0.4, -0.2) is 50.7 Å². The lowest BCUT2D eigenvalue weighted by atomic mass is 9.93. The van der Waals surface area contributed by atoms with Gasteiger partial charge in [0.1, 0.15) is 23.8 Å². The summed E-state index contributed by atoms with van der Waals surface area (Å²) in [6.07, 6.45) is 2.39. The number of ether oxygens (including phenoxy) is 1. The highest BCUT2D eigenvalue weighted by atomic mass is 28.3. The van der Waals surface area contributed by atoms with E-state index in [0.717, 1.165) is 63.9 Å². The highest BCUT2D eigenvalue weighted by molar-refractivity contribution is 6.76. The van der Waals surface area contributed by atoms with E-state index in [1.165, 1.54) is 0 Å². The van der Waals surface area contributed by atoms with Crippen molar-refractivity contribution in [3.05, 3.63) is 78.2 Å². The van der Waals surface area contributed by atoms with Crippen molar-refractivity contribution in [3.8, 4) is 11.3 Å². The fourth-order valence-corrected chi connectivity index (χ4v) is 5.68. The van der Waals surface area contributed by atoms with Gasteiger partial charge in [0.05, 0.1) is 16.6 Å². The van der Waals surface area contributed by atoms with E-state index in [2.05, 4.69) is 72.5 Å². The Morgan fingerprint density at radius 1 is 0.974 bits per heavy atom. The molecule has 198 valence electrons. The molecule has 5 rings (SSSR count). The first kappa shape index (κ1) is 26.3. The van der Waals surface area contributed by atoms with Gasteiger partial charge in [0.15, 0.2) is 0 Å². The zero-order valence-electron chi connectivity index (χ0n) is 22.8. The van der Waals surface area contributed by atoms with Gasteiger partial charge < -0.3 is 14.4 Å². The summed E-state index contributed by atoms with van der Waals surface area (Å²) < 4.78 is 10.3. The van der Waals surface area contributed by atoms with Crippen molar-refractivity contribution in [2.24, 2.45) is 0 Å². The molecule has 5 aromatic rings. The Labute approximate surface area is 225 Å². The summed E-state index contributed by atoms with van der Waals surface area (Å²) in [5.41, 5.74) is 6.96. The third kappa shape index (κ3) is 5.43. The molecule has 1 unspecified atom stereocenters. The van der Waals surface area contributed by atoms with Gasteiger partial charge in [0, 0.05) is 45.5 Å². The third-order valence-corrected chi connectivity index (χ3v) is 8.73. The number of aryl methyl sites for hydroxylation is 1. The maximum atomic E-state index is 10.0. The van der Waals surface area contributed by atoms with Crippen LogP contribution < -0.4 is 0 Å². The standard InChI is InChI=1S/C30H37N5O2Si/c1-5-35-27-11-8-17-31-29(27)28(33-35)23-14-12-22(13-15-23)24(16-18-36)30-32-25-9-6-7-10-26(25)34(30)21-37-19-20-38(2,3)4/h6-15,17,24,36H,5,16,18-21H2,1-4H3. The van der Waals surface area contributed by atoms with Crippen LogP contribution in [0.15, 0.2) is 66.9 Å². The summed E-state index contributed by atoms with van der Waals surface area (Å²) in [5, 5.41) is 14.9. The SMILES string of the molecule is CCn1nc(-c2ccc(C(CCO)c3nc4ccccc4n3COCC[Si](C)(C)C)cc2)c2ncccc21. The van der Waals surface area contributed by atoms with Crippen molar-refractivity contribution in [1.82, 2.24) is 24.3 Å². The van der Waals surface area contributed by atoms with Crippen LogP contribution in [0.3, 0.4) is 0 Å². The molecule has 0 spiro atoms. The molecule has 2 aromatic carbocycles. The molecular weight excluding hydrogens is 490 g/mol. The number of imidazole rings is 1. The Morgan fingerprint density at radius 2 is 1.74 bits per heavy atom. The molecule has 0 amide bonds. The second-order valence-corrected chi connectivity index (χ2v) is 16.6. The second-order valence-electron chi connectivity index (χ2n) is 11.0. The van der Waals surface area contributed by atoms with Gasteiger partial charge in [0.25, 0.3) is 0 Å². The molecule has 0 aliphatic rings. The minimum atomic E-state index is -1.18. The predicted octanol–water partition coefficient (Wildman–Crippen LogP) is 6.29. The number of hydrogen-bond acceptors (Lipinski definition) is 5. The van der Waals surface area contributed by atoms with Crippen molar-refractivity contribution in [1.29, 1.82) is 0 Å². The zero-order valence-corrected chi connectivity index (χ0v) is 23.8. The Kier molecular flexibility index (Phi) is 7.74. The minimum Gasteiger partial charge on any atom is -0.396 e. The number of pyridine rings is 1. The van der Waals surface area contributed by atoms with E-state index in [-0.39, 0.29) is 12.5 Å². The van der Waals surface area contributed by atoms with Crippen molar-refractivity contribution < 1.29 is 9.84 Å². The topological polar surface area (TPSA) is 78.0 Å². The summed E-state index contributed by atoms with van der Waals surface area (Å²) >= 11 is 0. The Morgan fingerprint density at radius 3 is 2.47 bits per heavy atom. The molecule has 1 atom stereocenters. The zero-order chi connectivity index (χ0) is 26.7. The lowest BCUT2D eigenvalue weighted by molar-refractivity contribution is 0.0871. The highest BCUT2D eigenvalue weighted by Gasteiger charge is 2.23. The minimum absolute atomic E-state index is 0.0647. The molecular formula is C30H37N5O2Si. The van der Waals surface area contributed by atoms with E-state index in [0.29, 0.717) is 13.2 Å². The second kappa shape index (κ2) is 11.2. The average Bonchev–Trinajstić information content (AvgIpc) is 3.48. The molecule has 0 bridgehead atoms. The molecule has 0 fully saturated rings.